The number of rotatable bonds is 4. The third-order valence-corrected chi connectivity index (χ3v) is 6.10. The molecule has 3 heterocycles. The molecule has 1 aliphatic heterocycles. The second-order valence-electron chi connectivity index (χ2n) is 6.89. The lowest BCUT2D eigenvalue weighted by Gasteiger charge is -2.21. The van der Waals surface area contributed by atoms with E-state index in [2.05, 4.69) is 19.9 Å². The van der Waals surface area contributed by atoms with Gasteiger partial charge in [0, 0.05) is 35.5 Å². The number of nitrogens with one attached hydrogen (secondary N) is 1. The molecule has 0 saturated carbocycles. The van der Waals surface area contributed by atoms with Crippen molar-refractivity contribution in [1.29, 1.82) is 0 Å². The molecule has 1 aliphatic rings. The van der Waals surface area contributed by atoms with Crippen molar-refractivity contribution in [2.24, 2.45) is 0 Å². The molecule has 26 heavy (non-hydrogen) atoms. The third kappa shape index (κ3) is 3.50. The molecule has 7 heteroatoms. The summed E-state index contributed by atoms with van der Waals surface area (Å²) in [6.07, 6.45) is 9.16. The maximum Gasteiger partial charge on any atom is 0.175 e. The molecule has 0 atom stereocenters. The van der Waals surface area contributed by atoms with Crippen molar-refractivity contribution in [3.8, 4) is 0 Å². The van der Waals surface area contributed by atoms with E-state index in [9.17, 15) is 8.42 Å². The van der Waals surface area contributed by atoms with Crippen LogP contribution in [0.3, 0.4) is 0 Å². The molecular formula is C19H22N4O2S. The number of nitrogens with zero attached hydrogens (tertiary/aromatic N) is 3. The van der Waals surface area contributed by atoms with E-state index in [0.29, 0.717) is 17.4 Å². The van der Waals surface area contributed by atoms with Crippen LogP contribution in [0.2, 0.25) is 0 Å². The zero-order valence-corrected chi connectivity index (χ0v) is 15.5. The Morgan fingerprint density at radius 1 is 1.15 bits per heavy atom. The van der Waals surface area contributed by atoms with Gasteiger partial charge >= 0.3 is 0 Å². The highest BCUT2D eigenvalue weighted by atomic mass is 32.2. The van der Waals surface area contributed by atoms with Gasteiger partial charge in [-0.25, -0.2) is 8.42 Å². The summed E-state index contributed by atoms with van der Waals surface area (Å²) in [5.74, 6) is 0.500. The molecule has 136 valence electrons. The molecule has 6 nitrogen and oxygen atoms in total. The average Bonchev–Trinajstić information content (AvgIpc) is 3.05. The predicted octanol–water partition coefficient (Wildman–Crippen LogP) is 2.35. The maximum absolute atomic E-state index is 11.7. The Kier molecular flexibility index (Phi) is 4.50. The topological polar surface area (TPSA) is 76.9 Å². The van der Waals surface area contributed by atoms with Crippen LogP contribution in [0.4, 0.5) is 0 Å². The first-order valence-corrected chi connectivity index (χ1v) is 10.7. The normalized spacial score (nSPS) is 16.2. The second kappa shape index (κ2) is 6.81. The van der Waals surface area contributed by atoms with Gasteiger partial charge in [-0.1, -0.05) is 0 Å². The molecule has 0 unspecified atom stereocenters. The molecule has 2 aromatic heterocycles. The van der Waals surface area contributed by atoms with Crippen LogP contribution in [-0.2, 0) is 16.4 Å². The van der Waals surface area contributed by atoms with Crippen LogP contribution in [0.5, 0.6) is 0 Å². The van der Waals surface area contributed by atoms with Crippen LogP contribution in [0.15, 0.2) is 47.8 Å². The van der Waals surface area contributed by atoms with Crippen LogP contribution in [-0.4, -0.2) is 42.3 Å². The number of piperidine rings is 1. The number of hydrogen-bond acceptors (Lipinski definition) is 5. The van der Waals surface area contributed by atoms with Gasteiger partial charge in [0.25, 0.3) is 0 Å². The van der Waals surface area contributed by atoms with E-state index in [1.54, 1.807) is 12.1 Å². The summed E-state index contributed by atoms with van der Waals surface area (Å²) in [6.45, 7) is 2.69. The van der Waals surface area contributed by atoms with Crippen LogP contribution in [0.1, 0.15) is 30.1 Å². The minimum absolute atomic E-state index is 0.342. The summed E-state index contributed by atoms with van der Waals surface area (Å²) in [7, 11) is -3.20. The molecule has 1 aromatic carbocycles. The monoisotopic (exact) mass is 370 g/mol. The molecule has 1 fully saturated rings. The predicted molar refractivity (Wildman–Crippen MR) is 101 cm³/mol. The molecule has 1 N–H and O–H groups in total. The van der Waals surface area contributed by atoms with E-state index in [0.717, 1.165) is 48.2 Å². The summed E-state index contributed by atoms with van der Waals surface area (Å²) in [5.41, 5.74) is 2.96. The summed E-state index contributed by atoms with van der Waals surface area (Å²) in [6, 6.07) is 7.15. The van der Waals surface area contributed by atoms with Crippen molar-refractivity contribution in [1.82, 2.24) is 19.9 Å². The Labute approximate surface area is 153 Å². The van der Waals surface area contributed by atoms with Gasteiger partial charge in [0.2, 0.25) is 0 Å². The third-order valence-electron chi connectivity index (χ3n) is 4.99. The highest BCUT2D eigenvalue weighted by Gasteiger charge is 2.17. The number of aromatic nitrogens is 3. The van der Waals surface area contributed by atoms with Gasteiger partial charge in [0.05, 0.1) is 29.0 Å². The first-order chi connectivity index (χ1) is 12.5. The number of benzene rings is 1. The molecule has 1 saturated heterocycles. The Morgan fingerprint density at radius 3 is 2.65 bits per heavy atom. The van der Waals surface area contributed by atoms with Crippen LogP contribution in [0, 0.1) is 0 Å². The zero-order valence-electron chi connectivity index (χ0n) is 14.7. The van der Waals surface area contributed by atoms with Gasteiger partial charge in [-0.2, -0.15) is 0 Å². The Morgan fingerprint density at radius 2 is 1.96 bits per heavy atom. The van der Waals surface area contributed by atoms with E-state index in [1.165, 1.54) is 6.26 Å². The summed E-state index contributed by atoms with van der Waals surface area (Å²) < 4.78 is 25.5. The Balaban J connectivity index is 1.55. The molecule has 0 spiro atoms. The number of fused-ring (bicyclic) bond motifs is 1. The van der Waals surface area contributed by atoms with Crippen molar-refractivity contribution < 1.29 is 8.42 Å². The van der Waals surface area contributed by atoms with Crippen LogP contribution >= 0.6 is 0 Å². The lowest BCUT2D eigenvalue weighted by Crippen LogP contribution is -2.27. The Bertz CT molecular complexity index is 1020. The summed E-state index contributed by atoms with van der Waals surface area (Å²) >= 11 is 0. The highest BCUT2D eigenvalue weighted by molar-refractivity contribution is 7.90. The quantitative estimate of drug-likeness (QED) is 0.763. The molecule has 0 bridgehead atoms. The van der Waals surface area contributed by atoms with Crippen LogP contribution < -0.4 is 5.32 Å². The first kappa shape index (κ1) is 17.2. The van der Waals surface area contributed by atoms with Gasteiger partial charge in [0.15, 0.2) is 9.84 Å². The summed E-state index contributed by atoms with van der Waals surface area (Å²) in [4.78, 5) is 9.56. The highest BCUT2D eigenvalue weighted by Crippen LogP contribution is 2.23. The van der Waals surface area contributed by atoms with E-state index in [1.807, 2.05) is 30.7 Å². The standard InChI is InChI=1S/C19H22N4O2S/c1-26(24,25)17-2-3-19-15(10-17)6-9-23(19)13-16-11-22-18(12-21-16)14-4-7-20-8-5-14/h2-3,6,9-12,14,20H,4-5,7-8,13H2,1H3. The van der Waals surface area contributed by atoms with Crippen molar-refractivity contribution in [2.45, 2.75) is 30.2 Å². The number of sulfone groups is 1. The average molecular weight is 370 g/mol. The fourth-order valence-electron chi connectivity index (χ4n) is 3.50. The first-order valence-electron chi connectivity index (χ1n) is 8.81. The molecule has 0 aliphatic carbocycles. The van der Waals surface area contributed by atoms with Crippen LogP contribution in [0.25, 0.3) is 10.9 Å². The van der Waals surface area contributed by atoms with E-state index < -0.39 is 9.84 Å². The van der Waals surface area contributed by atoms with Crippen molar-refractivity contribution in [2.75, 3.05) is 19.3 Å². The van der Waals surface area contributed by atoms with Gasteiger partial charge in [0.1, 0.15) is 0 Å². The van der Waals surface area contributed by atoms with Crippen molar-refractivity contribution >= 4 is 20.7 Å². The molecule has 0 radical (unpaired) electrons. The van der Waals surface area contributed by atoms with Gasteiger partial charge in [-0.3, -0.25) is 9.97 Å². The van der Waals surface area contributed by atoms with Crippen molar-refractivity contribution in [3.05, 3.63) is 54.2 Å². The van der Waals surface area contributed by atoms with Gasteiger partial charge < -0.3 is 9.88 Å². The van der Waals surface area contributed by atoms with Gasteiger partial charge in [-0.05, 0) is 50.2 Å². The SMILES string of the molecule is CS(=O)(=O)c1ccc2c(ccn2Cc2cnc(C3CCNCC3)cn2)c1. The fourth-order valence-corrected chi connectivity index (χ4v) is 4.15. The fraction of sp³-hybridized carbons (Fsp3) is 0.368. The van der Waals surface area contributed by atoms with E-state index in [4.69, 9.17) is 0 Å². The van der Waals surface area contributed by atoms with Crippen molar-refractivity contribution in [3.63, 3.8) is 0 Å². The second-order valence-corrected chi connectivity index (χ2v) is 8.91. The summed E-state index contributed by atoms with van der Waals surface area (Å²) in [5, 5.41) is 4.28. The largest absolute Gasteiger partial charge is 0.341 e. The van der Waals surface area contributed by atoms with Gasteiger partial charge in [-0.15, -0.1) is 0 Å². The molecular weight excluding hydrogens is 348 g/mol. The molecule has 0 amide bonds. The smallest absolute Gasteiger partial charge is 0.175 e. The lowest BCUT2D eigenvalue weighted by atomic mass is 9.95. The molecule has 4 rings (SSSR count). The van der Waals surface area contributed by atoms with E-state index in [-0.39, 0.29) is 0 Å². The molecule has 3 aromatic rings. The minimum atomic E-state index is -3.20. The Hall–Kier alpha value is -2.25. The maximum atomic E-state index is 11.7. The lowest BCUT2D eigenvalue weighted by molar-refractivity contribution is 0.452. The van der Waals surface area contributed by atoms with E-state index >= 15 is 0 Å². The number of hydrogen-bond donors (Lipinski definition) is 1. The zero-order chi connectivity index (χ0) is 18.1. The minimum Gasteiger partial charge on any atom is -0.341 e.